The Morgan fingerprint density at radius 1 is 1.11 bits per heavy atom. The molecule has 6 heteroatoms. The number of rotatable bonds is 1. The fourth-order valence-corrected chi connectivity index (χ4v) is 1.96. The van der Waals surface area contributed by atoms with E-state index in [1.807, 2.05) is 22.6 Å². The fraction of sp³-hybridized carbons (Fsp3) is 0.0833. The third kappa shape index (κ3) is 2.63. The molecule has 0 aliphatic heterocycles. The molecule has 0 spiro atoms. The zero-order valence-electron chi connectivity index (χ0n) is 8.80. The molecule has 2 aromatic rings. The zero-order valence-corrected chi connectivity index (χ0v) is 11.0. The molecule has 1 nitrogen and oxygen atoms in total. The smallest absolute Gasteiger partial charge is 0.252 e. The summed E-state index contributed by atoms with van der Waals surface area (Å²) in [5.41, 5.74) is -1.43. The van der Waals surface area contributed by atoms with Gasteiger partial charge in [-0.1, -0.05) is 18.2 Å². The lowest BCUT2D eigenvalue weighted by Crippen LogP contribution is -2.08. The maximum atomic E-state index is 13.7. The monoisotopic (exact) mass is 367 g/mol. The molecule has 0 saturated heterocycles. The largest absolute Gasteiger partial charge is 0.417 e. The number of hydrogen-bond acceptors (Lipinski definition) is 1. The highest BCUT2D eigenvalue weighted by molar-refractivity contribution is 14.1. The van der Waals surface area contributed by atoms with Gasteiger partial charge >= 0.3 is 6.18 Å². The molecular formula is C12H6F4IN. The van der Waals surface area contributed by atoms with Crippen LogP contribution in [-0.4, -0.2) is 4.98 Å². The molecular weight excluding hydrogens is 361 g/mol. The normalized spacial score (nSPS) is 11.6. The second-order valence-electron chi connectivity index (χ2n) is 3.53. The molecule has 1 aromatic heterocycles. The number of alkyl halides is 3. The molecule has 0 N–H and O–H groups in total. The Labute approximate surface area is 114 Å². The molecule has 0 aliphatic carbocycles. The van der Waals surface area contributed by atoms with Crippen molar-refractivity contribution in [1.29, 1.82) is 0 Å². The molecule has 0 unspecified atom stereocenters. The van der Waals surface area contributed by atoms with Crippen LogP contribution in [0.15, 0.2) is 36.5 Å². The summed E-state index contributed by atoms with van der Waals surface area (Å²) in [7, 11) is 0. The number of hydrogen-bond donors (Lipinski definition) is 0. The molecule has 0 bridgehead atoms. The van der Waals surface area contributed by atoms with Crippen molar-refractivity contribution in [2.45, 2.75) is 6.18 Å². The third-order valence-corrected chi connectivity index (χ3v) is 2.89. The minimum atomic E-state index is -4.53. The maximum Gasteiger partial charge on any atom is 0.417 e. The second kappa shape index (κ2) is 4.83. The molecule has 0 atom stereocenters. The Hall–Kier alpha value is -1.18. The van der Waals surface area contributed by atoms with Crippen molar-refractivity contribution < 1.29 is 17.6 Å². The van der Waals surface area contributed by atoms with Gasteiger partial charge in [0.2, 0.25) is 0 Å². The van der Waals surface area contributed by atoms with Crippen LogP contribution < -0.4 is 0 Å². The van der Waals surface area contributed by atoms with E-state index in [2.05, 4.69) is 4.98 Å². The first-order valence-corrected chi connectivity index (χ1v) is 5.95. The van der Waals surface area contributed by atoms with Crippen molar-refractivity contribution in [1.82, 2.24) is 4.98 Å². The molecule has 1 heterocycles. The van der Waals surface area contributed by atoms with E-state index in [4.69, 9.17) is 0 Å². The highest BCUT2D eigenvalue weighted by Gasteiger charge is 2.34. The van der Waals surface area contributed by atoms with Gasteiger partial charge < -0.3 is 0 Å². The van der Waals surface area contributed by atoms with Crippen LogP contribution in [0.2, 0.25) is 0 Å². The Morgan fingerprint density at radius 3 is 2.39 bits per heavy atom. The first kappa shape index (κ1) is 13.3. The van der Waals surface area contributed by atoms with E-state index in [9.17, 15) is 17.6 Å². The Bertz CT molecular complexity index is 581. The SMILES string of the molecule is Fc1cc(I)cnc1-c1ccccc1C(F)(F)F. The van der Waals surface area contributed by atoms with Crippen LogP contribution in [0.4, 0.5) is 17.6 Å². The van der Waals surface area contributed by atoms with Gasteiger partial charge in [-0.15, -0.1) is 0 Å². The molecule has 0 saturated carbocycles. The molecule has 2 rings (SSSR count). The van der Waals surface area contributed by atoms with Crippen LogP contribution >= 0.6 is 22.6 Å². The molecule has 0 amide bonds. The average Bonchev–Trinajstić information content (AvgIpc) is 2.28. The molecule has 0 fully saturated rings. The first-order valence-electron chi connectivity index (χ1n) is 4.87. The van der Waals surface area contributed by atoms with E-state index in [1.54, 1.807) is 0 Å². The van der Waals surface area contributed by atoms with Crippen molar-refractivity contribution in [3.05, 3.63) is 51.5 Å². The Balaban J connectivity index is 2.64. The third-order valence-electron chi connectivity index (χ3n) is 2.30. The highest BCUT2D eigenvalue weighted by Crippen LogP contribution is 2.37. The van der Waals surface area contributed by atoms with Gasteiger partial charge in [0.25, 0.3) is 0 Å². The lowest BCUT2D eigenvalue weighted by molar-refractivity contribution is -0.137. The number of pyridine rings is 1. The van der Waals surface area contributed by atoms with Crippen molar-refractivity contribution in [3.63, 3.8) is 0 Å². The number of benzene rings is 1. The zero-order chi connectivity index (χ0) is 13.3. The topological polar surface area (TPSA) is 12.9 Å². The number of nitrogens with zero attached hydrogens (tertiary/aromatic N) is 1. The Morgan fingerprint density at radius 2 is 1.78 bits per heavy atom. The van der Waals surface area contributed by atoms with Gasteiger partial charge in [-0.2, -0.15) is 13.2 Å². The average molecular weight is 367 g/mol. The summed E-state index contributed by atoms with van der Waals surface area (Å²) in [6, 6.07) is 5.95. The summed E-state index contributed by atoms with van der Waals surface area (Å²) in [6.45, 7) is 0. The van der Waals surface area contributed by atoms with Crippen LogP contribution in [0, 0.1) is 9.39 Å². The van der Waals surface area contributed by atoms with Gasteiger partial charge in [-0.05, 0) is 34.7 Å². The van der Waals surface area contributed by atoms with E-state index < -0.39 is 17.6 Å². The summed E-state index contributed by atoms with van der Waals surface area (Å²) in [4.78, 5) is 3.74. The number of halogens is 5. The van der Waals surface area contributed by atoms with Gasteiger partial charge in [0.1, 0.15) is 5.69 Å². The predicted octanol–water partition coefficient (Wildman–Crippen LogP) is 4.51. The van der Waals surface area contributed by atoms with Crippen LogP contribution in [-0.2, 0) is 6.18 Å². The van der Waals surface area contributed by atoms with E-state index in [0.29, 0.717) is 3.57 Å². The van der Waals surface area contributed by atoms with Gasteiger partial charge in [-0.3, -0.25) is 4.98 Å². The quantitative estimate of drug-likeness (QED) is 0.534. The van der Waals surface area contributed by atoms with Crippen LogP contribution in [0.25, 0.3) is 11.3 Å². The van der Waals surface area contributed by atoms with Crippen molar-refractivity contribution >= 4 is 22.6 Å². The molecule has 0 aliphatic rings. The lowest BCUT2D eigenvalue weighted by Gasteiger charge is -2.12. The van der Waals surface area contributed by atoms with Crippen molar-refractivity contribution in [2.75, 3.05) is 0 Å². The van der Waals surface area contributed by atoms with E-state index in [0.717, 1.165) is 12.1 Å². The minimum absolute atomic E-state index is 0.251. The summed E-state index contributed by atoms with van der Waals surface area (Å²) in [5, 5.41) is 0. The summed E-state index contributed by atoms with van der Waals surface area (Å²) < 4.78 is 52.6. The number of aromatic nitrogens is 1. The lowest BCUT2D eigenvalue weighted by atomic mass is 10.0. The Kier molecular flexibility index (Phi) is 3.56. The van der Waals surface area contributed by atoms with E-state index >= 15 is 0 Å². The van der Waals surface area contributed by atoms with Crippen molar-refractivity contribution in [2.24, 2.45) is 0 Å². The maximum absolute atomic E-state index is 13.7. The minimum Gasteiger partial charge on any atom is -0.252 e. The van der Waals surface area contributed by atoms with E-state index in [1.165, 1.54) is 24.4 Å². The summed E-state index contributed by atoms with van der Waals surface area (Å²) in [5.74, 6) is -0.765. The predicted molar refractivity (Wildman–Crippen MR) is 67.4 cm³/mol. The highest BCUT2D eigenvalue weighted by atomic mass is 127. The second-order valence-corrected chi connectivity index (χ2v) is 4.77. The van der Waals surface area contributed by atoms with Gasteiger partial charge in [0.15, 0.2) is 5.82 Å². The standard InChI is InChI=1S/C12H6F4IN/c13-10-5-7(17)6-18-11(10)8-3-1-2-4-9(8)12(14,15)16/h1-6H. The fourth-order valence-electron chi connectivity index (χ4n) is 1.55. The van der Waals surface area contributed by atoms with Crippen LogP contribution in [0.5, 0.6) is 0 Å². The van der Waals surface area contributed by atoms with Crippen molar-refractivity contribution in [3.8, 4) is 11.3 Å². The first-order chi connectivity index (χ1) is 8.39. The van der Waals surface area contributed by atoms with Crippen LogP contribution in [0.3, 0.4) is 0 Å². The molecule has 0 radical (unpaired) electrons. The van der Waals surface area contributed by atoms with E-state index in [-0.39, 0.29) is 11.3 Å². The van der Waals surface area contributed by atoms with Crippen LogP contribution in [0.1, 0.15) is 5.56 Å². The summed E-state index contributed by atoms with van der Waals surface area (Å²) in [6.07, 6.45) is -3.21. The molecule has 1 aromatic carbocycles. The van der Waals surface area contributed by atoms with Gasteiger partial charge in [0.05, 0.1) is 5.56 Å². The van der Waals surface area contributed by atoms with Gasteiger partial charge in [0, 0.05) is 15.3 Å². The molecule has 94 valence electrons. The van der Waals surface area contributed by atoms with Gasteiger partial charge in [-0.25, -0.2) is 4.39 Å². The molecule has 18 heavy (non-hydrogen) atoms. The summed E-state index contributed by atoms with van der Waals surface area (Å²) >= 11 is 1.84.